The number of nitrogens with zero attached hydrogens (tertiary/aromatic N) is 5. The zero-order valence-electron chi connectivity index (χ0n) is 24.1. The molecule has 0 aliphatic heterocycles. The molecule has 0 spiro atoms. The Kier molecular flexibility index (Phi) is 11.5. The number of azo groups is 1. The molecule has 3 aromatic carbocycles. The van der Waals surface area contributed by atoms with Crippen LogP contribution in [-0.2, 0) is 9.53 Å². The second kappa shape index (κ2) is 15.5. The monoisotopic (exact) mass is 563 g/mol. The number of hydrogen-bond acceptors (Lipinski definition) is 8. The van der Waals surface area contributed by atoms with Gasteiger partial charge in [-0.25, -0.2) is 4.79 Å². The lowest BCUT2D eigenvalue weighted by molar-refractivity contribution is -0.384. The van der Waals surface area contributed by atoms with Gasteiger partial charge in [0.1, 0.15) is 6.07 Å². The van der Waals surface area contributed by atoms with Gasteiger partial charge in [-0.3, -0.25) is 10.1 Å². The first kappa shape index (κ1) is 31.3. The molecule has 0 aromatic heterocycles. The Morgan fingerprint density at radius 3 is 2.40 bits per heavy atom. The fourth-order valence-corrected chi connectivity index (χ4v) is 3.96. The average Bonchev–Trinajstić information content (AvgIpc) is 2.99. The van der Waals surface area contributed by atoms with Crippen molar-refractivity contribution in [2.24, 2.45) is 10.2 Å². The smallest absolute Gasteiger partial charge is 0.333 e. The molecule has 0 amide bonds. The molecule has 0 saturated carbocycles. The van der Waals surface area contributed by atoms with E-state index in [-0.39, 0.29) is 17.2 Å². The number of carbonyl (C=O) groups excluding carboxylic acids is 1. The Balaban J connectivity index is 1.56. The minimum atomic E-state index is -0.540. The predicted octanol–water partition coefficient (Wildman–Crippen LogP) is 7.71. The van der Waals surface area contributed by atoms with Crippen molar-refractivity contribution in [2.45, 2.75) is 39.5 Å². The van der Waals surface area contributed by atoms with Crippen molar-refractivity contribution in [3.8, 4) is 17.9 Å². The molecule has 0 atom stereocenters. The van der Waals surface area contributed by atoms with E-state index in [9.17, 15) is 20.2 Å². The summed E-state index contributed by atoms with van der Waals surface area (Å²) in [5, 5.41) is 29.1. The van der Waals surface area contributed by atoms with Gasteiger partial charge >= 0.3 is 5.97 Å². The Morgan fingerprint density at radius 2 is 1.71 bits per heavy atom. The molecule has 0 saturated heterocycles. The molecule has 214 valence electrons. The van der Waals surface area contributed by atoms with Crippen LogP contribution in [0.15, 0.2) is 83.0 Å². The third kappa shape index (κ3) is 9.14. The first-order valence-corrected chi connectivity index (χ1v) is 13.6. The van der Waals surface area contributed by atoms with Gasteiger partial charge < -0.3 is 9.64 Å². The summed E-state index contributed by atoms with van der Waals surface area (Å²) < 4.78 is 5.12. The first-order chi connectivity index (χ1) is 20.2. The van der Waals surface area contributed by atoms with Gasteiger partial charge in [-0.05, 0) is 81.1 Å². The molecule has 42 heavy (non-hydrogen) atoms. The highest BCUT2D eigenvalue weighted by Crippen LogP contribution is 2.26. The summed E-state index contributed by atoms with van der Waals surface area (Å²) in [7, 11) is 2.05. The number of nitro groups is 1. The van der Waals surface area contributed by atoms with Crippen molar-refractivity contribution >= 4 is 28.7 Å². The molecule has 0 fully saturated rings. The highest BCUT2D eigenvalue weighted by molar-refractivity contribution is 5.86. The highest BCUT2D eigenvalue weighted by atomic mass is 16.6. The van der Waals surface area contributed by atoms with Gasteiger partial charge in [0.05, 0.1) is 28.5 Å². The van der Waals surface area contributed by atoms with Gasteiger partial charge in [0.2, 0.25) is 0 Å². The molecule has 0 aliphatic carbocycles. The molecule has 0 unspecified atom stereocenters. The van der Waals surface area contributed by atoms with E-state index >= 15 is 0 Å². The van der Waals surface area contributed by atoms with Crippen molar-refractivity contribution < 1.29 is 14.5 Å². The Morgan fingerprint density at radius 1 is 1.00 bits per heavy atom. The van der Waals surface area contributed by atoms with E-state index in [4.69, 9.17) is 4.74 Å². The molecule has 0 N–H and O–H groups in total. The molecule has 9 heteroatoms. The molecule has 0 bridgehead atoms. The van der Waals surface area contributed by atoms with Crippen LogP contribution in [0.1, 0.15) is 54.9 Å². The average molecular weight is 564 g/mol. The SMILES string of the molecule is C=C(C)C(=O)OCCCCCCN(C)c1ccc(N=Nc2cccc(C#Cc3ccc([N+](=O)[O-])cc3C#N)c2C)cc1. The van der Waals surface area contributed by atoms with E-state index in [2.05, 4.69) is 40.6 Å². The van der Waals surface area contributed by atoms with Crippen LogP contribution in [0, 0.1) is 40.2 Å². The zero-order chi connectivity index (χ0) is 30.5. The summed E-state index contributed by atoms with van der Waals surface area (Å²) in [6.45, 7) is 8.46. The zero-order valence-corrected chi connectivity index (χ0v) is 24.1. The Hall–Kier alpha value is -5.28. The standard InChI is InChI=1S/C33H33N5O4/c1-24(2)33(39)42-21-8-6-5-7-20-37(4)30-18-15-29(16-19-30)35-36-32-11-9-10-26(25(32)3)12-13-27-14-17-31(38(40)41)22-28(27)23-34/h9-11,14-19,22H,1,5-8,20-21H2,2-4H3. The Bertz CT molecular complexity index is 1580. The molecule has 0 heterocycles. The normalized spacial score (nSPS) is 10.4. The number of unbranched alkanes of at least 4 members (excludes halogenated alkanes) is 3. The number of carbonyl (C=O) groups is 1. The number of nitro benzene ring substituents is 1. The van der Waals surface area contributed by atoms with Crippen LogP contribution in [0.4, 0.5) is 22.7 Å². The Labute approximate surface area is 246 Å². The van der Waals surface area contributed by atoms with Crippen molar-refractivity contribution in [1.82, 2.24) is 0 Å². The lowest BCUT2D eigenvalue weighted by atomic mass is 10.0. The number of hydrogen-bond donors (Lipinski definition) is 0. The van der Waals surface area contributed by atoms with Crippen LogP contribution in [0.2, 0.25) is 0 Å². The van der Waals surface area contributed by atoms with Crippen molar-refractivity contribution in [3.63, 3.8) is 0 Å². The summed E-state index contributed by atoms with van der Waals surface area (Å²) in [4.78, 5) is 24.0. The highest BCUT2D eigenvalue weighted by Gasteiger charge is 2.10. The summed E-state index contributed by atoms with van der Waals surface area (Å²) >= 11 is 0. The van der Waals surface area contributed by atoms with E-state index in [0.717, 1.165) is 54.7 Å². The molecule has 3 rings (SSSR count). The summed E-state index contributed by atoms with van der Waals surface area (Å²) in [5.74, 6) is 5.67. The fraction of sp³-hybridized carbons (Fsp3) is 0.273. The van der Waals surface area contributed by atoms with E-state index in [1.807, 2.05) is 55.5 Å². The van der Waals surface area contributed by atoms with Crippen molar-refractivity contribution in [2.75, 3.05) is 25.1 Å². The van der Waals surface area contributed by atoms with Gasteiger partial charge in [-0.15, -0.1) is 0 Å². The second-order valence-corrected chi connectivity index (χ2v) is 9.77. The minimum absolute atomic E-state index is 0.150. The molecule has 9 nitrogen and oxygen atoms in total. The minimum Gasteiger partial charge on any atom is -0.462 e. The van der Waals surface area contributed by atoms with Crippen LogP contribution in [0.3, 0.4) is 0 Å². The van der Waals surface area contributed by atoms with Gasteiger partial charge in [0.15, 0.2) is 0 Å². The van der Waals surface area contributed by atoms with Crippen LogP contribution in [0.25, 0.3) is 0 Å². The maximum atomic E-state index is 11.4. The number of nitriles is 1. The van der Waals surface area contributed by atoms with E-state index in [0.29, 0.717) is 23.4 Å². The van der Waals surface area contributed by atoms with Gasteiger partial charge in [0.25, 0.3) is 5.69 Å². The van der Waals surface area contributed by atoms with Gasteiger partial charge in [-0.2, -0.15) is 15.5 Å². The molecule has 0 aliphatic rings. The predicted molar refractivity (Wildman–Crippen MR) is 163 cm³/mol. The van der Waals surface area contributed by atoms with Gasteiger partial charge in [0, 0.05) is 48.1 Å². The van der Waals surface area contributed by atoms with E-state index < -0.39 is 4.92 Å². The summed E-state index contributed by atoms with van der Waals surface area (Å²) in [6.07, 6.45) is 3.93. The van der Waals surface area contributed by atoms with Gasteiger partial charge in [-0.1, -0.05) is 30.9 Å². The maximum Gasteiger partial charge on any atom is 0.333 e. The number of anilines is 1. The third-order valence-electron chi connectivity index (χ3n) is 6.50. The van der Waals surface area contributed by atoms with Crippen LogP contribution < -0.4 is 4.90 Å². The molecule has 3 aromatic rings. The van der Waals surface area contributed by atoms with Crippen molar-refractivity contribution in [3.05, 3.63) is 105 Å². The number of benzene rings is 3. The van der Waals surface area contributed by atoms with E-state index in [1.54, 1.807) is 6.92 Å². The number of rotatable bonds is 12. The topological polar surface area (TPSA) is 121 Å². The third-order valence-corrected chi connectivity index (χ3v) is 6.50. The number of esters is 1. The van der Waals surface area contributed by atoms with E-state index in [1.165, 1.54) is 18.2 Å². The molecule has 0 radical (unpaired) electrons. The number of ether oxygens (including phenoxy) is 1. The molecular formula is C33H33N5O4. The van der Waals surface area contributed by atoms with Crippen molar-refractivity contribution in [1.29, 1.82) is 5.26 Å². The second-order valence-electron chi connectivity index (χ2n) is 9.77. The summed E-state index contributed by atoms with van der Waals surface area (Å²) in [6, 6.07) is 19.4. The lowest BCUT2D eigenvalue weighted by Crippen LogP contribution is -2.18. The van der Waals surface area contributed by atoms with Crippen LogP contribution in [0.5, 0.6) is 0 Å². The largest absolute Gasteiger partial charge is 0.462 e. The maximum absolute atomic E-state index is 11.4. The van der Waals surface area contributed by atoms with Crippen LogP contribution in [-0.4, -0.2) is 31.1 Å². The number of non-ortho nitro benzene ring substituents is 1. The summed E-state index contributed by atoms with van der Waals surface area (Å²) in [5.41, 5.74) is 4.87. The lowest BCUT2D eigenvalue weighted by Gasteiger charge is -2.19. The first-order valence-electron chi connectivity index (χ1n) is 13.6. The quantitative estimate of drug-likeness (QED) is 0.0423. The fourth-order valence-electron chi connectivity index (χ4n) is 3.96. The van der Waals surface area contributed by atoms with Crippen LogP contribution >= 0.6 is 0 Å². The molecular weight excluding hydrogens is 530 g/mol.